The highest BCUT2D eigenvalue weighted by atomic mass is 16.8. The number of benzene rings is 5. The maximum atomic E-state index is 14.3. The summed E-state index contributed by atoms with van der Waals surface area (Å²) >= 11 is 0. The molecule has 26 heteroatoms. The average molecular weight is 1180 g/mol. The molecule has 4 heterocycles. The fraction of sp³-hybridized carbons (Fsp3) is 0.467. The minimum Gasteiger partial charge on any atom is -0.454 e. The van der Waals surface area contributed by atoms with Crippen molar-refractivity contribution in [2.24, 2.45) is 20.5 Å². The first-order chi connectivity index (χ1) is 41.9. The lowest BCUT2D eigenvalue weighted by atomic mass is 9.93. The summed E-state index contributed by atoms with van der Waals surface area (Å²) in [5, 5.41) is 16.5. The summed E-state index contributed by atoms with van der Waals surface area (Å²) in [6.45, 7) is 8.42. The maximum Gasteiger partial charge on any atom is 0.338 e. The molecule has 0 saturated carbocycles. The highest BCUT2D eigenvalue weighted by Gasteiger charge is 2.57. The molecule has 0 amide bonds. The van der Waals surface area contributed by atoms with Crippen LogP contribution >= 0.6 is 0 Å². The Morgan fingerprint density at radius 3 is 1.08 bits per heavy atom. The summed E-state index contributed by atoms with van der Waals surface area (Å²) in [6, 6.07) is 39.2. The number of azide groups is 4. The van der Waals surface area contributed by atoms with Crippen molar-refractivity contribution in [3.63, 3.8) is 0 Å². The third kappa shape index (κ3) is 15.3. The Labute approximate surface area is 495 Å². The Balaban J connectivity index is 1.15. The van der Waals surface area contributed by atoms with Gasteiger partial charge in [0.25, 0.3) is 0 Å². The van der Waals surface area contributed by atoms with Crippen molar-refractivity contribution >= 4 is 11.9 Å². The van der Waals surface area contributed by atoms with Crippen LogP contribution in [0.3, 0.4) is 0 Å². The molecule has 4 saturated heterocycles. The average Bonchev–Trinajstić information content (AvgIpc) is 1.33. The number of nitrogens with zero attached hydrogens (tertiary/aromatic N) is 12. The van der Waals surface area contributed by atoms with E-state index in [1.165, 1.54) is 24.3 Å². The lowest BCUT2D eigenvalue weighted by Gasteiger charge is -2.51. The predicted octanol–water partition coefficient (Wildman–Crippen LogP) is 11.1. The topological polar surface area (TPSA) is 340 Å². The van der Waals surface area contributed by atoms with Crippen LogP contribution in [0.1, 0.15) is 72.0 Å². The zero-order chi connectivity index (χ0) is 60.5. The lowest BCUT2D eigenvalue weighted by Crippen LogP contribution is -2.67. The molecule has 5 aromatic carbocycles. The normalized spacial score (nSPS) is 32.3. The third-order valence-electron chi connectivity index (χ3n) is 15.3. The highest BCUT2D eigenvalue weighted by Crippen LogP contribution is 2.40. The fourth-order valence-corrected chi connectivity index (χ4v) is 11.0. The van der Waals surface area contributed by atoms with Gasteiger partial charge in [0.05, 0.1) is 85.7 Å². The fourth-order valence-electron chi connectivity index (χ4n) is 11.0. The zero-order valence-electron chi connectivity index (χ0n) is 47.7. The molecule has 4 aliphatic heterocycles. The van der Waals surface area contributed by atoms with Gasteiger partial charge in [-0.15, -0.1) is 0 Å². The van der Waals surface area contributed by atoms with Crippen LogP contribution in [0.5, 0.6) is 0 Å². The van der Waals surface area contributed by atoms with E-state index >= 15 is 0 Å². The largest absolute Gasteiger partial charge is 0.454 e. The van der Waals surface area contributed by atoms with Gasteiger partial charge in [0.2, 0.25) is 0 Å². The van der Waals surface area contributed by atoms with Gasteiger partial charge >= 0.3 is 11.9 Å². The highest BCUT2D eigenvalue weighted by molar-refractivity contribution is 5.90. The summed E-state index contributed by atoms with van der Waals surface area (Å²) in [5.41, 5.74) is 42.8. The standard InChI is InChI=1S/C60H66N12O14/c1-34-44(65-69-61)49(75-31-39-21-11-6-12-22-39)48(38(5)78-34)84-58-53(77-33-41-25-15-8-16-26-41)51(46(67-71-63)36(3)79-58)85-59-54(50(45(66-70-62)35(2)80-59)76-32-40-23-13-7-14-24-40)86-60-55(83-57(74)43-29-19-10-20-30-43)52(47(68-72-64)37(4)81-60)82-56(73)42-27-17-9-18-28-42/h6-30,34-38,44-55,58-60H,31-33H2,1-5H3/t34?,35?,36?,37?,38-,44?,45?,46?,47?,48?,49?,50?,51?,52?,53?,54?,55?,58-,59-,60-/m1/s1. The van der Waals surface area contributed by atoms with Crippen molar-refractivity contribution in [1.29, 1.82) is 0 Å². The number of carbonyl (C=O) groups excluding carboxylic acids is 2. The van der Waals surface area contributed by atoms with Crippen LogP contribution in [0, 0.1) is 0 Å². The Morgan fingerprint density at radius 1 is 0.360 bits per heavy atom. The van der Waals surface area contributed by atoms with Crippen LogP contribution in [0.2, 0.25) is 0 Å². The first-order valence-corrected chi connectivity index (χ1v) is 28.1. The second-order valence-corrected chi connectivity index (χ2v) is 21.0. The van der Waals surface area contributed by atoms with Gasteiger partial charge in [-0.2, -0.15) is 0 Å². The van der Waals surface area contributed by atoms with E-state index < -0.39 is 134 Å². The van der Waals surface area contributed by atoms with Gasteiger partial charge in [-0.3, -0.25) is 0 Å². The molecule has 86 heavy (non-hydrogen) atoms. The van der Waals surface area contributed by atoms with E-state index in [0.29, 0.717) is 5.56 Å². The molecule has 0 bridgehead atoms. The quantitative estimate of drug-likeness (QED) is 0.0254. The van der Waals surface area contributed by atoms with Crippen LogP contribution in [-0.4, -0.2) is 134 Å². The summed E-state index contributed by atoms with van der Waals surface area (Å²) in [7, 11) is 0. The van der Waals surface area contributed by atoms with Crippen LogP contribution in [0.15, 0.2) is 172 Å². The lowest BCUT2D eigenvalue weighted by molar-refractivity contribution is -0.375. The molecular weight excluding hydrogens is 1110 g/mol. The molecule has 20 atom stereocenters. The van der Waals surface area contributed by atoms with Crippen LogP contribution in [-0.2, 0) is 76.7 Å². The molecule has 0 radical (unpaired) electrons. The molecule has 16 unspecified atom stereocenters. The van der Waals surface area contributed by atoms with Crippen molar-refractivity contribution in [3.8, 4) is 0 Å². The molecule has 4 fully saturated rings. The van der Waals surface area contributed by atoms with Crippen LogP contribution in [0.25, 0.3) is 41.8 Å². The summed E-state index contributed by atoms with van der Waals surface area (Å²) in [5.74, 6) is -1.75. The Kier molecular flexibility index (Phi) is 22.0. The predicted molar refractivity (Wildman–Crippen MR) is 306 cm³/mol. The van der Waals surface area contributed by atoms with Crippen molar-refractivity contribution in [2.75, 3.05) is 0 Å². The van der Waals surface area contributed by atoms with Gasteiger partial charge in [-0.1, -0.05) is 148 Å². The van der Waals surface area contributed by atoms with E-state index in [9.17, 15) is 31.7 Å². The van der Waals surface area contributed by atoms with Gasteiger partial charge < -0.3 is 56.8 Å². The van der Waals surface area contributed by atoms with Gasteiger partial charge in [0, 0.05) is 19.6 Å². The van der Waals surface area contributed by atoms with Crippen molar-refractivity contribution in [1.82, 2.24) is 0 Å². The zero-order valence-corrected chi connectivity index (χ0v) is 47.7. The van der Waals surface area contributed by atoms with E-state index in [-0.39, 0.29) is 30.9 Å². The van der Waals surface area contributed by atoms with E-state index in [4.69, 9.17) is 56.8 Å². The molecule has 450 valence electrons. The first-order valence-electron chi connectivity index (χ1n) is 28.1. The van der Waals surface area contributed by atoms with E-state index in [1.54, 1.807) is 71.0 Å². The molecule has 0 spiro atoms. The summed E-state index contributed by atoms with van der Waals surface area (Å²) < 4.78 is 80.4. The second kappa shape index (κ2) is 30.3. The number of hydrogen-bond donors (Lipinski definition) is 0. The molecule has 0 N–H and O–H groups in total. The van der Waals surface area contributed by atoms with Gasteiger partial charge in [-0.05, 0) is 97.7 Å². The second-order valence-electron chi connectivity index (χ2n) is 21.0. The Bertz CT molecular complexity index is 3200. The molecule has 4 aliphatic rings. The van der Waals surface area contributed by atoms with E-state index in [2.05, 4.69) is 40.1 Å². The van der Waals surface area contributed by atoms with E-state index in [1.807, 2.05) is 91.0 Å². The number of hydrogen-bond acceptors (Lipinski definition) is 18. The van der Waals surface area contributed by atoms with Crippen molar-refractivity contribution in [2.45, 2.75) is 177 Å². The molecule has 0 aromatic heterocycles. The smallest absolute Gasteiger partial charge is 0.338 e. The van der Waals surface area contributed by atoms with Gasteiger partial charge in [0.15, 0.2) is 31.1 Å². The Hall–Kier alpha value is -8.12. The SMILES string of the molecule is CC1O[C@H](OC2C(N=[N+]=[N-])C(C)O[C@H](OC3C(OCc4ccccc4)C(N=[N+]=[N-])C(C)O[C@@H]3C)C2OCc2ccccc2)C(O[C@H]2OC(C)C(N=[N+]=[N-])C(OC(=O)c3ccccc3)C2OC(=O)c2ccccc2)C(OCc2ccccc2)C1N=[N+]=[N-]. The molecule has 0 aliphatic carbocycles. The van der Waals surface area contributed by atoms with Crippen LogP contribution in [0.4, 0.5) is 0 Å². The van der Waals surface area contributed by atoms with Gasteiger partial charge in [-0.25, -0.2) is 9.59 Å². The third-order valence-corrected chi connectivity index (χ3v) is 15.3. The maximum absolute atomic E-state index is 14.3. The monoisotopic (exact) mass is 1180 g/mol. The van der Waals surface area contributed by atoms with E-state index in [0.717, 1.165) is 11.1 Å². The van der Waals surface area contributed by atoms with Gasteiger partial charge in [0.1, 0.15) is 36.6 Å². The Morgan fingerprint density at radius 2 is 0.663 bits per heavy atom. The minimum atomic E-state index is -1.74. The number of rotatable bonds is 23. The molecular formula is C60H66N12O14. The number of ether oxygens (including phenoxy) is 12. The minimum absolute atomic E-state index is 0.0592. The van der Waals surface area contributed by atoms with Crippen molar-refractivity contribution < 1.29 is 66.4 Å². The van der Waals surface area contributed by atoms with Crippen LogP contribution < -0.4 is 0 Å². The molecule has 5 aromatic rings. The summed E-state index contributed by atoms with van der Waals surface area (Å²) in [4.78, 5) is 41.1. The van der Waals surface area contributed by atoms with Crippen molar-refractivity contribution in [3.05, 3.63) is 221 Å². The summed E-state index contributed by atoms with van der Waals surface area (Å²) in [6.07, 6.45) is -20.0. The number of carbonyl (C=O) groups is 2. The molecule has 9 rings (SSSR count). The molecule has 26 nitrogen and oxygen atoms in total. The number of esters is 2. The first kappa shape index (κ1) is 62.4.